The van der Waals surface area contributed by atoms with E-state index >= 15 is 0 Å². The van der Waals surface area contributed by atoms with Crippen LogP contribution in [0, 0.1) is 0 Å². The monoisotopic (exact) mass is 510 g/mol. The summed E-state index contributed by atoms with van der Waals surface area (Å²) >= 11 is 6.41. The normalized spacial score (nSPS) is 20.8. The number of hydrogen-bond acceptors (Lipinski definition) is 6. The van der Waals surface area contributed by atoms with Gasteiger partial charge in [-0.15, -0.1) is 0 Å². The zero-order valence-electron chi connectivity index (χ0n) is 20.8. The third-order valence-electron chi connectivity index (χ3n) is 7.45. The van der Waals surface area contributed by atoms with Crippen LogP contribution in [0.2, 0.25) is 5.15 Å². The lowest BCUT2D eigenvalue weighted by atomic mass is 9.91. The summed E-state index contributed by atoms with van der Waals surface area (Å²) in [5.74, 6) is 1.57. The number of ether oxygens (including phenoxy) is 1. The highest BCUT2D eigenvalue weighted by atomic mass is 35.5. The van der Waals surface area contributed by atoms with E-state index in [2.05, 4.69) is 30.9 Å². The van der Waals surface area contributed by atoms with Crippen molar-refractivity contribution < 1.29 is 9.53 Å². The lowest BCUT2D eigenvalue weighted by molar-refractivity contribution is -0.121. The van der Waals surface area contributed by atoms with Gasteiger partial charge < -0.3 is 25.7 Å². The maximum absolute atomic E-state index is 12.4. The Balaban J connectivity index is 1.16. The Morgan fingerprint density at radius 2 is 1.83 bits per heavy atom. The lowest BCUT2D eigenvalue weighted by Crippen LogP contribution is -2.45. The molecule has 2 fully saturated rings. The number of nitrogens with one attached hydrogen (secondary N) is 4. The fourth-order valence-corrected chi connectivity index (χ4v) is 5.68. The number of fused-ring (bicyclic) bond motifs is 1. The van der Waals surface area contributed by atoms with Gasteiger partial charge in [0.2, 0.25) is 5.91 Å². The number of hydrogen-bond donors (Lipinski definition) is 4. The maximum Gasteiger partial charge on any atom is 0.234 e. The van der Waals surface area contributed by atoms with E-state index in [1.54, 1.807) is 13.3 Å². The fraction of sp³-hybridized carbons (Fsp3) is 0.519. The largest absolute Gasteiger partial charge is 0.495 e. The number of carbonyl (C=O) groups excluding carboxylic acids is 1. The number of halogens is 1. The molecule has 2 saturated carbocycles. The Kier molecular flexibility index (Phi) is 7.92. The predicted octanol–water partition coefficient (Wildman–Crippen LogP) is 5.05. The minimum absolute atomic E-state index is 0.114. The minimum atomic E-state index is 0.114. The van der Waals surface area contributed by atoms with E-state index in [0.717, 1.165) is 53.7 Å². The summed E-state index contributed by atoms with van der Waals surface area (Å²) in [4.78, 5) is 24.6. The van der Waals surface area contributed by atoms with Gasteiger partial charge in [0.15, 0.2) is 0 Å². The number of aromatic nitrogens is 3. The molecule has 0 bridgehead atoms. The molecule has 8 nitrogen and oxygen atoms in total. The maximum atomic E-state index is 12.4. The molecule has 0 unspecified atom stereocenters. The number of amides is 1. The Morgan fingerprint density at radius 3 is 2.61 bits per heavy atom. The highest BCUT2D eigenvalue weighted by Gasteiger charge is 2.23. The van der Waals surface area contributed by atoms with Crippen LogP contribution in [0.4, 0.5) is 5.82 Å². The summed E-state index contributed by atoms with van der Waals surface area (Å²) in [7, 11) is 1.63. The van der Waals surface area contributed by atoms with E-state index in [1.165, 1.54) is 32.1 Å². The van der Waals surface area contributed by atoms with Crippen molar-refractivity contribution in [1.82, 2.24) is 25.6 Å². The zero-order valence-corrected chi connectivity index (χ0v) is 21.5. The van der Waals surface area contributed by atoms with Crippen LogP contribution in [0.25, 0.3) is 22.2 Å². The van der Waals surface area contributed by atoms with Gasteiger partial charge in [-0.25, -0.2) is 9.97 Å². The molecule has 3 aromatic heterocycles. The van der Waals surface area contributed by atoms with Crippen molar-refractivity contribution in [3.63, 3.8) is 0 Å². The lowest BCUT2D eigenvalue weighted by Gasteiger charge is -2.30. The van der Waals surface area contributed by atoms with Crippen LogP contribution < -0.4 is 20.7 Å². The number of methoxy groups -OCH3 is 1. The summed E-state index contributed by atoms with van der Waals surface area (Å²) in [6.45, 7) is 0.424. The number of pyridine rings is 2. The Labute approximate surface area is 217 Å². The molecule has 0 radical (unpaired) electrons. The van der Waals surface area contributed by atoms with Crippen LogP contribution in [0.3, 0.4) is 0 Å². The molecule has 3 heterocycles. The standard InChI is InChI=1S/C27H35ClN6O2/c1-36-21-13-22-23(15-31-27(22)30-14-21)17-11-24(28)34-25(12-17)32-19-7-9-20(10-8-19)33-26(35)16-29-18-5-3-2-4-6-18/h11-15,18-20,29H,2-10,16H2,1H3,(H,30,31)(H,32,34)(H,33,35). The van der Waals surface area contributed by atoms with Gasteiger partial charge in [0.05, 0.1) is 19.9 Å². The van der Waals surface area contributed by atoms with Gasteiger partial charge in [-0.2, -0.15) is 0 Å². The summed E-state index contributed by atoms with van der Waals surface area (Å²) < 4.78 is 5.35. The number of anilines is 1. The number of rotatable bonds is 8. The van der Waals surface area contributed by atoms with Crippen molar-refractivity contribution in [2.24, 2.45) is 0 Å². The fourth-order valence-electron chi connectivity index (χ4n) is 5.47. The molecule has 1 amide bonds. The van der Waals surface area contributed by atoms with Crippen molar-refractivity contribution in [1.29, 1.82) is 0 Å². The Bertz CT molecular complexity index is 1180. The first-order chi connectivity index (χ1) is 17.6. The first-order valence-corrected chi connectivity index (χ1v) is 13.4. The van der Waals surface area contributed by atoms with E-state index < -0.39 is 0 Å². The predicted molar refractivity (Wildman–Crippen MR) is 144 cm³/mol. The van der Waals surface area contributed by atoms with Gasteiger partial charge in [-0.1, -0.05) is 30.9 Å². The Morgan fingerprint density at radius 1 is 1.06 bits per heavy atom. The molecule has 4 N–H and O–H groups in total. The first kappa shape index (κ1) is 24.8. The molecule has 2 aliphatic carbocycles. The van der Waals surface area contributed by atoms with E-state index in [9.17, 15) is 4.79 Å². The number of nitrogens with zero attached hydrogens (tertiary/aromatic N) is 2. The van der Waals surface area contributed by atoms with Crippen LogP contribution in [-0.4, -0.2) is 52.6 Å². The summed E-state index contributed by atoms with van der Waals surface area (Å²) in [5, 5.41) is 11.6. The smallest absolute Gasteiger partial charge is 0.234 e. The van der Waals surface area contributed by atoms with Crippen LogP contribution >= 0.6 is 11.6 Å². The third kappa shape index (κ3) is 6.10. The molecule has 0 aromatic carbocycles. The highest BCUT2D eigenvalue weighted by Crippen LogP contribution is 2.33. The average molecular weight is 511 g/mol. The summed E-state index contributed by atoms with van der Waals surface area (Å²) in [6.07, 6.45) is 13.7. The molecular weight excluding hydrogens is 476 g/mol. The molecule has 0 atom stereocenters. The molecule has 9 heteroatoms. The van der Waals surface area contributed by atoms with E-state index in [1.807, 2.05) is 24.4 Å². The van der Waals surface area contributed by atoms with E-state index in [0.29, 0.717) is 29.5 Å². The van der Waals surface area contributed by atoms with Crippen molar-refractivity contribution in [3.8, 4) is 16.9 Å². The molecule has 0 spiro atoms. The van der Waals surface area contributed by atoms with Crippen LogP contribution in [-0.2, 0) is 4.79 Å². The average Bonchev–Trinajstić information content (AvgIpc) is 3.32. The van der Waals surface area contributed by atoms with E-state index in [-0.39, 0.29) is 11.9 Å². The Hall–Kier alpha value is -2.84. The first-order valence-electron chi connectivity index (χ1n) is 13.1. The molecule has 5 rings (SSSR count). The second kappa shape index (κ2) is 11.5. The quantitative estimate of drug-likeness (QED) is 0.316. The molecule has 0 saturated heterocycles. The number of aromatic amines is 1. The minimum Gasteiger partial charge on any atom is -0.495 e. The second-order valence-corrected chi connectivity index (χ2v) is 10.4. The highest BCUT2D eigenvalue weighted by molar-refractivity contribution is 6.29. The third-order valence-corrected chi connectivity index (χ3v) is 7.64. The van der Waals surface area contributed by atoms with Crippen LogP contribution in [0.1, 0.15) is 57.8 Å². The van der Waals surface area contributed by atoms with Crippen LogP contribution in [0.15, 0.2) is 30.6 Å². The molecule has 3 aromatic rings. The van der Waals surface area contributed by atoms with Gasteiger partial charge >= 0.3 is 0 Å². The molecule has 36 heavy (non-hydrogen) atoms. The van der Waals surface area contributed by atoms with Gasteiger partial charge in [-0.05, 0) is 62.3 Å². The molecular formula is C27H35ClN6O2. The molecule has 192 valence electrons. The zero-order chi connectivity index (χ0) is 24.9. The number of H-pyrrole nitrogens is 1. The van der Waals surface area contributed by atoms with Crippen molar-refractivity contribution in [2.45, 2.75) is 75.9 Å². The summed E-state index contributed by atoms with van der Waals surface area (Å²) in [6, 6.07) is 6.89. The SMILES string of the molecule is COc1cnc2[nH]cc(-c3cc(Cl)nc(NC4CCC(NC(=O)CNC5CCCCC5)CC4)c3)c2c1. The number of carbonyl (C=O) groups is 1. The van der Waals surface area contributed by atoms with Gasteiger partial charge in [-0.3, -0.25) is 4.79 Å². The van der Waals surface area contributed by atoms with Gasteiger partial charge in [0, 0.05) is 35.3 Å². The van der Waals surface area contributed by atoms with E-state index in [4.69, 9.17) is 16.3 Å². The van der Waals surface area contributed by atoms with Crippen molar-refractivity contribution >= 4 is 34.4 Å². The van der Waals surface area contributed by atoms with Crippen LogP contribution in [0.5, 0.6) is 5.75 Å². The molecule has 0 aliphatic heterocycles. The van der Waals surface area contributed by atoms with Gasteiger partial charge in [0.1, 0.15) is 22.4 Å². The van der Waals surface area contributed by atoms with Gasteiger partial charge in [0.25, 0.3) is 0 Å². The molecule has 2 aliphatic rings. The van der Waals surface area contributed by atoms with Crippen molar-refractivity contribution in [2.75, 3.05) is 19.0 Å². The summed E-state index contributed by atoms with van der Waals surface area (Å²) in [5.41, 5.74) is 2.75. The topological polar surface area (TPSA) is 104 Å². The second-order valence-electron chi connectivity index (χ2n) is 10.0. The van der Waals surface area contributed by atoms with Crippen molar-refractivity contribution in [3.05, 3.63) is 35.7 Å².